The number of halogens is 4. The van der Waals surface area contributed by atoms with Crippen molar-refractivity contribution in [3.05, 3.63) is 34.4 Å². The minimum Gasteiger partial charge on any atom is -0.204 e. The summed E-state index contributed by atoms with van der Waals surface area (Å²) in [6.45, 7) is 0. The van der Waals surface area contributed by atoms with Crippen LogP contribution in [0.15, 0.2) is 12.1 Å². The molecule has 0 bridgehead atoms. The highest BCUT2D eigenvalue weighted by atomic mass is 35.5. The fourth-order valence-electron chi connectivity index (χ4n) is 2.44. The van der Waals surface area contributed by atoms with Crippen molar-refractivity contribution in [3.8, 4) is 0 Å². The summed E-state index contributed by atoms with van der Waals surface area (Å²) in [5.41, 5.74) is 0.499. The van der Waals surface area contributed by atoms with Crippen molar-refractivity contribution in [2.45, 2.75) is 37.5 Å². The molecule has 0 aromatic heterocycles. The molecular formula is C13H14Cl2F2. The van der Waals surface area contributed by atoms with Crippen LogP contribution in [0.25, 0.3) is 0 Å². The van der Waals surface area contributed by atoms with Gasteiger partial charge in [-0.25, -0.2) is 8.78 Å². The molecule has 0 heterocycles. The summed E-state index contributed by atoms with van der Waals surface area (Å²) in [5.74, 6) is -1.23. The Kier molecular flexibility index (Phi) is 4.26. The average molecular weight is 279 g/mol. The van der Waals surface area contributed by atoms with Gasteiger partial charge < -0.3 is 0 Å². The van der Waals surface area contributed by atoms with Crippen molar-refractivity contribution in [1.82, 2.24) is 0 Å². The van der Waals surface area contributed by atoms with Crippen LogP contribution in [0.4, 0.5) is 8.78 Å². The zero-order valence-electron chi connectivity index (χ0n) is 9.36. The van der Waals surface area contributed by atoms with E-state index in [-0.39, 0.29) is 10.4 Å². The molecule has 0 spiro atoms. The molecule has 17 heavy (non-hydrogen) atoms. The van der Waals surface area contributed by atoms with Gasteiger partial charge in [0.2, 0.25) is 0 Å². The zero-order chi connectivity index (χ0) is 12.4. The maximum atomic E-state index is 13.1. The molecule has 0 nitrogen and oxygen atoms in total. The molecule has 2 rings (SSSR count). The summed E-state index contributed by atoms with van der Waals surface area (Å²) in [6, 6.07) is 2.11. The van der Waals surface area contributed by atoms with Crippen LogP contribution in [0.3, 0.4) is 0 Å². The van der Waals surface area contributed by atoms with Gasteiger partial charge in [0.25, 0.3) is 0 Å². The third-order valence-corrected chi connectivity index (χ3v) is 4.13. The number of benzene rings is 1. The van der Waals surface area contributed by atoms with Crippen molar-refractivity contribution in [2.24, 2.45) is 5.92 Å². The Morgan fingerprint density at radius 3 is 2.41 bits per heavy atom. The zero-order valence-corrected chi connectivity index (χ0v) is 10.9. The maximum absolute atomic E-state index is 13.1. The normalized spacial score (nSPS) is 18.6. The molecule has 1 aromatic rings. The molecule has 1 aliphatic carbocycles. The topological polar surface area (TPSA) is 0 Å². The van der Waals surface area contributed by atoms with E-state index in [1.54, 1.807) is 0 Å². The van der Waals surface area contributed by atoms with Crippen LogP contribution in [-0.2, 0) is 0 Å². The van der Waals surface area contributed by atoms with Crippen LogP contribution in [0.1, 0.15) is 43.0 Å². The SMILES string of the molecule is Fc1cc(Cl)c(C(Cl)CC2CCCC2)cc1F. The molecule has 0 radical (unpaired) electrons. The first-order chi connectivity index (χ1) is 8.08. The van der Waals surface area contributed by atoms with Crippen molar-refractivity contribution in [1.29, 1.82) is 0 Å². The van der Waals surface area contributed by atoms with Gasteiger partial charge in [0.05, 0.1) is 5.38 Å². The molecule has 4 heteroatoms. The number of rotatable bonds is 3. The molecule has 0 saturated heterocycles. The van der Waals surface area contributed by atoms with Gasteiger partial charge in [-0.3, -0.25) is 0 Å². The second kappa shape index (κ2) is 5.53. The Labute approximate surface area is 110 Å². The van der Waals surface area contributed by atoms with Gasteiger partial charge in [-0.2, -0.15) is 0 Å². The molecule has 0 N–H and O–H groups in total. The lowest BCUT2D eigenvalue weighted by atomic mass is 9.97. The van der Waals surface area contributed by atoms with E-state index in [2.05, 4.69) is 0 Å². The van der Waals surface area contributed by atoms with Gasteiger partial charge in [-0.15, -0.1) is 11.6 Å². The highest BCUT2D eigenvalue weighted by Gasteiger charge is 2.22. The molecule has 1 atom stereocenters. The second-order valence-corrected chi connectivity index (χ2v) is 5.58. The molecule has 1 unspecified atom stereocenters. The summed E-state index contributed by atoms with van der Waals surface area (Å²) < 4.78 is 26.1. The van der Waals surface area contributed by atoms with Gasteiger partial charge in [0.1, 0.15) is 0 Å². The van der Waals surface area contributed by atoms with E-state index in [4.69, 9.17) is 23.2 Å². The summed E-state index contributed by atoms with van der Waals surface area (Å²) in [6.07, 6.45) is 5.60. The predicted octanol–water partition coefficient (Wildman–Crippen LogP) is 5.48. The Morgan fingerprint density at radius 1 is 1.18 bits per heavy atom. The average Bonchev–Trinajstić information content (AvgIpc) is 2.76. The number of hydrogen-bond acceptors (Lipinski definition) is 0. The summed E-state index contributed by atoms with van der Waals surface area (Å²) in [5, 5.41) is -0.123. The van der Waals surface area contributed by atoms with Crippen LogP contribution in [0.5, 0.6) is 0 Å². The van der Waals surface area contributed by atoms with Crippen LogP contribution in [0, 0.1) is 17.6 Å². The van der Waals surface area contributed by atoms with E-state index >= 15 is 0 Å². The number of alkyl halides is 1. The lowest BCUT2D eigenvalue weighted by Crippen LogP contribution is -2.01. The lowest BCUT2D eigenvalue weighted by Gasteiger charge is -2.16. The molecule has 1 aliphatic rings. The summed E-state index contributed by atoms with van der Waals surface area (Å²) in [4.78, 5) is 0. The van der Waals surface area contributed by atoms with Gasteiger partial charge in [0, 0.05) is 5.02 Å². The highest BCUT2D eigenvalue weighted by Crippen LogP contribution is 2.38. The van der Waals surface area contributed by atoms with E-state index < -0.39 is 11.6 Å². The second-order valence-electron chi connectivity index (χ2n) is 4.64. The van der Waals surface area contributed by atoms with Gasteiger partial charge in [-0.05, 0) is 30.0 Å². The summed E-state index contributed by atoms with van der Waals surface area (Å²) in [7, 11) is 0. The van der Waals surface area contributed by atoms with Gasteiger partial charge in [0.15, 0.2) is 11.6 Å². The van der Waals surface area contributed by atoms with E-state index in [1.807, 2.05) is 0 Å². The first-order valence-corrected chi connectivity index (χ1v) is 6.68. The number of hydrogen-bond donors (Lipinski definition) is 0. The highest BCUT2D eigenvalue weighted by molar-refractivity contribution is 6.32. The monoisotopic (exact) mass is 278 g/mol. The minimum atomic E-state index is -0.927. The van der Waals surface area contributed by atoms with Crippen LogP contribution >= 0.6 is 23.2 Å². The van der Waals surface area contributed by atoms with Gasteiger partial charge in [-0.1, -0.05) is 37.3 Å². The first-order valence-electron chi connectivity index (χ1n) is 5.86. The molecule has 0 amide bonds. The van der Waals surface area contributed by atoms with Crippen LogP contribution < -0.4 is 0 Å². The summed E-state index contributed by atoms with van der Waals surface area (Å²) >= 11 is 12.1. The standard InChI is InChI=1S/C13H14Cl2F2/c14-10(5-8-3-1-2-4-8)9-6-12(16)13(17)7-11(9)15/h6-8,10H,1-5H2. The van der Waals surface area contributed by atoms with Crippen molar-refractivity contribution >= 4 is 23.2 Å². The lowest BCUT2D eigenvalue weighted by molar-refractivity contribution is 0.487. The van der Waals surface area contributed by atoms with E-state index in [1.165, 1.54) is 25.7 Å². The van der Waals surface area contributed by atoms with Gasteiger partial charge >= 0.3 is 0 Å². The maximum Gasteiger partial charge on any atom is 0.160 e. The van der Waals surface area contributed by atoms with Crippen molar-refractivity contribution in [2.75, 3.05) is 0 Å². The fraction of sp³-hybridized carbons (Fsp3) is 0.538. The van der Waals surface area contributed by atoms with Crippen molar-refractivity contribution in [3.63, 3.8) is 0 Å². The molecule has 1 saturated carbocycles. The van der Waals surface area contributed by atoms with Crippen LogP contribution in [-0.4, -0.2) is 0 Å². The predicted molar refractivity (Wildman–Crippen MR) is 66.5 cm³/mol. The first kappa shape index (κ1) is 13.1. The molecule has 94 valence electrons. The molecule has 1 aromatic carbocycles. The quantitative estimate of drug-likeness (QED) is 0.507. The third-order valence-electron chi connectivity index (χ3n) is 3.39. The molecular weight excluding hydrogens is 265 g/mol. The van der Waals surface area contributed by atoms with E-state index in [9.17, 15) is 8.78 Å². The Morgan fingerprint density at radius 2 is 1.76 bits per heavy atom. The van der Waals surface area contributed by atoms with Crippen molar-refractivity contribution < 1.29 is 8.78 Å². The molecule has 0 aliphatic heterocycles. The van der Waals surface area contributed by atoms with Crippen LogP contribution in [0.2, 0.25) is 5.02 Å². The Bertz CT molecular complexity index is 401. The Balaban J connectivity index is 2.12. The Hall–Kier alpha value is -0.340. The van der Waals surface area contributed by atoms with E-state index in [0.717, 1.165) is 18.6 Å². The van der Waals surface area contributed by atoms with E-state index in [0.29, 0.717) is 11.5 Å². The molecule has 1 fully saturated rings. The smallest absolute Gasteiger partial charge is 0.160 e. The third kappa shape index (κ3) is 3.11. The largest absolute Gasteiger partial charge is 0.204 e. The fourth-order valence-corrected chi connectivity index (χ4v) is 3.21. The minimum absolute atomic E-state index is 0.210.